The van der Waals surface area contributed by atoms with Crippen molar-refractivity contribution in [2.75, 3.05) is 18.4 Å². The van der Waals surface area contributed by atoms with E-state index in [1.54, 1.807) is 0 Å². The van der Waals surface area contributed by atoms with Crippen LogP contribution in [0.4, 0.5) is 5.69 Å². The minimum atomic E-state index is 0.596. The number of rotatable bonds is 3. The van der Waals surface area contributed by atoms with Crippen LogP contribution in [0, 0.1) is 6.92 Å². The Morgan fingerprint density at radius 1 is 1.28 bits per heavy atom. The number of pyridine rings is 1. The molecule has 1 aromatic heterocycles. The molecule has 1 atom stereocenters. The molecule has 0 spiro atoms. The number of aromatic nitrogens is 1. The van der Waals surface area contributed by atoms with Crippen LogP contribution in [0.2, 0.25) is 0 Å². The standard InChI is InChI=1S/C15H25N3/c1-12(2)18-9-4-5-14(8-10-18)17-15-7-6-13(3)16-11-15/h6-7,11-12,14,17H,4-5,8-10H2,1-3H3. The highest BCUT2D eigenvalue weighted by molar-refractivity contribution is 5.41. The molecule has 18 heavy (non-hydrogen) atoms. The molecule has 0 bridgehead atoms. The Kier molecular flexibility index (Phi) is 4.59. The predicted octanol–water partition coefficient (Wildman–Crippen LogP) is 3.06. The third kappa shape index (κ3) is 3.70. The van der Waals surface area contributed by atoms with Gasteiger partial charge in [-0.2, -0.15) is 0 Å². The molecule has 1 saturated heterocycles. The van der Waals surface area contributed by atoms with Gasteiger partial charge in [0.1, 0.15) is 0 Å². The molecule has 2 heterocycles. The Morgan fingerprint density at radius 2 is 2.11 bits per heavy atom. The van der Waals surface area contributed by atoms with Crippen LogP contribution in [0.3, 0.4) is 0 Å². The molecule has 1 aromatic rings. The monoisotopic (exact) mass is 247 g/mol. The lowest BCUT2D eigenvalue weighted by Crippen LogP contribution is -2.32. The first-order chi connectivity index (χ1) is 8.65. The zero-order chi connectivity index (χ0) is 13.0. The fraction of sp³-hybridized carbons (Fsp3) is 0.667. The van der Waals surface area contributed by atoms with Crippen molar-refractivity contribution in [1.29, 1.82) is 0 Å². The van der Waals surface area contributed by atoms with E-state index in [0.29, 0.717) is 12.1 Å². The number of hydrogen-bond donors (Lipinski definition) is 1. The molecule has 0 aliphatic carbocycles. The second kappa shape index (κ2) is 6.19. The molecule has 2 rings (SSSR count). The highest BCUT2D eigenvalue weighted by Crippen LogP contribution is 2.17. The fourth-order valence-corrected chi connectivity index (χ4v) is 2.57. The molecular weight excluding hydrogens is 222 g/mol. The van der Waals surface area contributed by atoms with Gasteiger partial charge in [-0.15, -0.1) is 0 Å². The molecule has 1 aliphatic heterocycles. The summed E-state index contributed by atoms with van der Waals surface area (Å²) in [4.78, 5) is 6.92. The summed E-state index contributed by atoms with van der Waals surface area (Å²) in [5, 5.41) is 3.62. The van der Waals surface area contributed by atoms with E-state index in [-0.39, 0.29) is 0 Å². The third-order valence-corrected chi connectivity index (χ3v) is 3.78. The van der Waals surface area contributed by atoms with Gasteiger partial charge < -0.3 is 10.2 Å². The summed E-state index contributed by atoms with van der Waals surface area (Å²) < 4.78 is 0. The molecule has 3 heteroatoms. The number of likely N-dealkylation sites (tertiary alicyclic amines) is 1. The van der Waals surface area contributed by atoms with Crippen molar-refractivity contribution in [1.82, 2.24) is 9.88 Å². The number of nitrogens with zero attached hydrogens (tertiary/aromatic N) is 2. The molecule has 1 unspecified atom stereocenters. The van der Waals surface area contributed by atoms with Crippen molar-refractivity contribution in [3.05, 3.63) is 24.0 Å². The summed E-state index contributed by atoms with van der Waals surface area (Å²) in [6.07, 6.45) is 5.72. The second-order valence-electron chi connectivity index (χ2n) is 5.59. The maximum absolute atomic E-state index is 4.34. The minimum absolute atomic E-state index is 0.596. The first-order valence-electron chi connectivity index (χ1n) is 7.08. The van der Waals surface area contributed by atoms with Gasteiger partial charge in [-0.1, -0.05) is 0 Å². The predicted molar refractivity (Wildman–Crippen MR) is 76.9 cm³/mol. The summed E-state index contributed by atoms with van der Waals surface area (Å²) in [5.74, 6) is 0. The highest BCUT2D eigenvalue weighted by Gasteiger charge is 2.18. The lowest BCUT2D eigenvalue weighted by atomic mass is 10.1. The summed E-state index contributed by atoms with van der Waals surface area (Å²) in [6, 6.07) is 5.47. The van der Waals surface area contributed by atoms with Crippen LogP contribution < -0.4 is 5.32 Å². The summed E-state index contributed by atoms with van der Waals surface area (Å²) in [5.41, 5.74) is 2.23. The maximum Gasteiger partial charge on any atom is 0.0529 e. The van der Waals surface area contributed by atoms with E-state index in [1.165, 1.54) is 32.4 Å². The van der Waals surface area contributed by atoms with Gasteiger partial charge >= 0.3 is 0 Å². The molecular formula is C15H25N3. The maximum atomic E-state index is 4.34. The van der Waals surface area contributed by atoms with Gasteiger partial charge in [-0.3, -0.25) is 4.98 Å². The fourth-order valence-electron chi connectivity index (χ4n) is 2.57. The van der Waals surface area contributed by atoms with Crippen LogP contribution in [0.15, 0.2) is 18.3 Å². The van der Waals surface area contributed by atoms with Crippen LogP contribution in [-0.4, -0.2) is 35.1 Å². The smallest absolute Gasteiger partial charge is 0.0529 e. The van der Waals surface area contributed by atoms with E-state index in [1.807, 2.05) is 13.1 Å². The van der Waals surface area contributed by atoms with Gasteiger partial charge in [0.05, 0.1) is 11.9 Å². The largest absolute Gasteiger partial charge is 0.381 e. The van der Waals surface area contributed by atoms with Gasteiger partial charge in [-0.05, 0) is 58.7 Å². The van der Waals surface area contributed by atoms with E-state index in [9.17, 15) is 0 Å². The topological polar surface area (TPSA) is 28.2 Å². The number of anilines is 1. The van der Waals surface area contributed by atoms with Crippen LogP contribution >= 0.6 is 0 Å². The molecule has 0 aromatic carbocycles. The normalized spacial score (nSPS) is 21.9. The van der Waals surface area contributed by atoms with Gasteiger partial charge in [0.25, 0.3) is 0 Å². The van der Waals surface area contributed by atoms with Crippen LogP contribution in [0.25, 0.3) is 0 Å². The van der Waals surface area contributed by atoms with E-state index < -0.39 is 0 Å². The number of aryl methyl sites for hydroxylation is 1. The Morgan fingerprint density at radius 3 is 2.78 bits per heavy atom. The summed E-state index contributed by atoms with van der Waals surface area (Å²) in [6.45, 7) is 9.04. The summed E-state index contributed by atoms with van der Waals surface area (Å²) in [7, 11) is 0. The molecule has 0 radical (unpaired) electrons. The molecule has 100 valence electrons. The van der Waals surface area contributed by atoms with Gasteiger partial charge in [0, 0.05) is 24.3 Å². The van der Waals surface area contributed by atoms with Crippen LogP contribution in [-0.2, 0) is 0 Å². The Hall–Kier alpha value is -1.09. The first kappa shape index (κ1) is 13.3. The van der Waals surface area contributed by atoms with Crippen molar-refractivity contribution in [2.24, 2.45) is 0 Å². The zero-order valence-corrected chi connectivity index (χ0v) is 11.8. The average molecular weight is 247 g/mol. The molecule has 3 nitrogen and oxygen atoms in total. The van der Waals surface area contributed by atoms with Crippen LogP contribution in [0.5, 0.6) is 0 Å². The molecule has 0 saturated carbocycles. The number of hydrogen-bond acceptors (Lipinski definition) is 3. The van der Waals surface area contributed by atoms with Gasteiger partial charge in [0.2, 0.25) is 0 Å². The van der Waals surface area contributed by atoms with E-state index in [0.717, 1.165) is 11.4 Å². The lowest BCUT2D eigenvalue weighted by Gasteiger charge is -2.24. The van der Waals surface area contributed by atoms with Crippen molar-refractivity contribution in [2.45, 2.75) is 52.1 Å². The van der Waals surface area contributed by atoms with E-state index >= 15 is 0 Å². The van der Waals surface area contributed by atoms with Gasteiger partial charge in [-0.25, -0.2) is 0 Å². The SMILES string of the molecule is Cc1ccc(NC2CCCN(C(C)C)CC2)cn1. The molecule has 0 amide bonds. The molecule has 1 aliphatic rings. The minimum Gasteiger partial charge on any atom is -0.381 e. The second-order valence-corrected chi connectivity index (χ2v) is 5.59. The third-order valence-electron chi connectivity index (χ3n) is 3.78. The Labute approximate surface area is 111 Å². The van der Waals surface area contributed by atoms with E-state index in [2.05, 4.69) is 41.2 Å². The molecule has 1 N–H and O–H groups in total. The highest BCUT2D eigenvalue weighted by atomic mass is 15.1. The lowest BCUT2D eigenvalue weighted by molar-refractivity contribution is 0.230. The average Bonchev–Trinajstić information content (AvgIpc) is 2.58. The molecule has 1 fully saturated rings. The van der Waals surface area contributed by atoms with Crippen molar-refractivity contribution >= 4 is 5.69 Å². The van der Waals surface area contributed by atoms with Gasteiger partial charge in [0.15, 0.2) is 0 Å². The quantitative estimate of drug-likeness (QED) is 0.889. The van der Waals surface area contributed by atoms with Crippen molar-refractivity contribution in [3.8, 4) is 0 Å². The first-order valence-corrected chi connectivity index (χ1v) is 7.08. The summed E-state index contributed by atoms with van der Waals surface area (Å²) >= 11 is 0. The van der Waals surface area contributed by atoms with Crippen molar-refractivity contribution in [3.63, 3.8) is 0 Å². The Bertz CT molecular complexity index is 359. The Balaban J connectivity index is 1.88. The van der Waals surface area contributed by atoms with Crippen LogP contribution in [0.1, 0.15) is 38.8 Å². The van der Waals surface area contributed by atoms with Crippen molar-refractivity contribution < 1.29 is 0 Å². The number of nitrogens with one attached hydrogen (secondary N) is 1. The zero-order valence-electron chi connectivity index (χ0n) is 11.8. The van der Waals surface area contributed by atoms with E-state index in [4.69, 9.17) is 0 Å².